The maximum atomic E-state index is 12.0. The number of nitrogen functional groups attached to an aromatic ring is 1. The number of hydrogen-bond donors (Lipinski definition) is 2. The van der Waals surface area contributed by atoms with E-state index in [0.717, 1.165) is 16.7 Å². The fourth-order valence-corrected chi connectivity index (χ4v) is 2.46. The highest BCUT2D eigenvalue weighted by Crippen LogP contribution is 2.36. The van der Waals surface area contributed by atoms with Gasteiger partial charge in [0.25, 0.3) is 0 Å². The first-order valence-corrected chi connectivity index (χ1v) is 7.71. The molecular weight excluding hydrogens is 312 g/mol. The van der Waals surface area contributed by atoms with Gasteiger partial charge < -0.3 is 10.5 Å². The molecule has 0 radical (unpaired) electrons. The molecule has 0 aliphatic carbocycles. The van der Waals surface area contributed by atoms with Crippen molar-refractivity contribution in [3.8, 4) is 11.1 Å². The third-order valence-electron chi connectivity index (χ3n) is 3.29. The first kappa shape index (κ1) is 17.2. The van der Waals surface area contributed by atoms with E-state index in [-0.39, 0.29) is 0 Å². The number of amides is 1. The molecule has 2 aromatic carbocycles. The van der Waals surface area contributed by atoms with E-state index in [9.17, 15) is 4.79 Å². The van der Waals surface area contributed by atoms with Gasteiger partial charge in [-0.1, -0.05) is 35.9 Å². The third-order valence-corrected chi connectivity index (χ3v) is 3.71. The quantitative estimate of drug-likeness (QED) is 0.739. The number of halogens is 1. The molecule has 0 atom stereocenters. The molecule has 0 unspecified atom stereocenters. The molecule has 23 heavy (non-hydrogen) atoms. The van der Waals surface area contributed by atoms with Crippen LogP contribution in [0.5, 0.6) is 0 Å². The molecule has 0 heterocycles. The molecule has 2 aromatic rings. The SMILES string of the molecule is Cc1c(NC(=O)OC(C)(C)C)cccc1-c1cccc(N)c1Cl. The lowest BCUT2D eigenvalue weighted by molar-refractivity contribution is 0.0636. The highest BCUT2D eigenvalue weighted by Gasteiger charge is 2.18. The Kier molecular flexibility index (Phi) is 4.85. The third kappa shape index (κ3) is 4.17. The minimum Gasteiger partial charge on any atom is -0.444 e. The van der Waals surface area contributed by atoms with Crippen LogP contribution >= 0.6 is 11.6 Å². The summed E-state index contributed by atoms with van der Waals surface area (Å²) < 4.78 is 5.29. The van der Waals surface area contributed by atoms with Gasteiger partial charge in [-0.2, -0.15) is 0 Å². The molecule has 5 heteroatoms. The molecule has 0 aliphatic heterocycles. The first-order chi connectivity index (χ1) is 10.7. The largest absolute Gasteiger partial charge is 0.444 e. The van der Waals surface area contributed by atoms with Crippen LogP contribution in [-0.4, -0.2) is 11.7 Å². The summed E-state index contributed by atoms with van der Waals surface area (Å²) >= 11 is 6.31. The van der Waals surface area contributed by atoms with Crippen LogP contribution in [0.3, 0.4) is 0 Å². The summed E-state index contributed by atoms with van der Waals surface area (Å²) in [5.74, 6) is 0. The van der Waals surface area contributed by atoms with Crippen molar-refractivity contribution in [3.63, 3.8) is 0 Å². The molecule has 2 rings (SSSR count). The van der Waals surface area contributed by atoms with Crippen LogP contribution in [0.25, 0.3) is 11.1 Å². The van der Waals surface area contributed by atoms with Gasteiger partial charge in [0.15, 0.2) is 0 Å². The summed E-state index contributed by atoms with van der Waals surface area (Å²) in [6, 6.07) is 11.1. The Balaban J connectivity index is 2.36. The molecular formula is C18H21ClN2O2. The molecule has 0 aromatic heterocycles. The van der Waals surface area contributed by atoms with Crippen LogP contribution < -0.4 is 11.1 Å². The highest BCUT2D eigenvalue weighted by atomic mass is 35.5. The molecule has 3 N–H and O–H groups in total. The number of hydrogen-bond acceptors (Lipinski definition) is 3. The van der Waals surface area contributed by atoms with Gasteiger partial charge in [-0.25, -0.2) is 4.79 Å². The Morgan fingerprint density at radius 2 is 1.74 bits per heavy atom. The van der Waals surface area contributed by atoms with Gasteiger partial charge in [0.1, 0.15) is 5.60 Å². The lowest BCUT2D eigenvalue weighted by Crippen LogP contribution is -2.27. The molecule has 0 saturated heterocycles. The van der Waals surface area contributed by atoms with Crippen molar-refractivity contribution in [2.24, 2.45) is 0 Å². The van der Waals surface area contributed by atoms with Crippen molar-refractivity contribution in [1.82, 2.24) is 0 Å². The summed E-state index contributed by atoms with van der Waals surface area (Å²) in [5.41, 5.74) is 9.16. The second kappa shape index (κ2) is 6.50. The maximum Gasteiger partial charge on any atom is 0.412 e. The molecule has 4 nitrogen and oxygen atoms in total. The van der Waals surface area contributed by atoms with Crippen LogP contribution in [0.1, 0.15) is 26.3 Å². The van der Waals surface area contributed by atoms with Crippen molar-refractivity contribution in [1.29, 1.82) is 0 Å². The van der Waals surface area contributed by atoms with E-state index in [0.29, 0.717) is 16.4 Å². The zero-order valence-electron chi connectivity index (χ0n) is 13.7. The Hall–Kier alpha value is -2.20. The average molecular weight is 333 g/mol. The van der Waals surface area contributed by atoms with Gasteiger partial charge >= 0.3 is 6.09 Å². The Morgan fingerprint density at radius 1 is 1.13 bits per heavy atom. The number of benzene rings is 2. The van der Waals surface area contributed by atoms with E-state index in [1.807, 2.05) is 58.0 Å². The summed E-state index contributed by atoms with van der Waals surface area (Å²) in [5, 5.41) is 3.28. The van der Waals surface area contributed by atoms with Gasteiger partial charge in [-0.15, -0.1) is 0 Å². The van der Waals surface area contributed by atoms with Gasteiger partial charge in [0.05, 0.1) is 10.7 Å². The number of anilines is 2. The van der Waals surface area contributed by atoms with Gasteiger partial charge in [0, 0.05) is 11.3 Å². The molecule has 0 spiro atoms. The molecule has 0 bridgehead atoms. The zero-order chi connectivity index (χ0) is 17.2. The van der Waals surface area contributed by atoms with Gasteiger partial charge in [0.2, 0.25) is 0 Å². The predicted octanol–water partition coefficient (Wildman–Crippen LogP) is 5.24. The molecule has 0 fully saturated rings. The predicted molar refractivity (Wildman–Crippen MR) is 95.9 cm³/mol. The highest BCUT2D eigenvalue weighted by molar-refractivity contribution is 6.35. The lowest BCUT2D eigenvalue weighted by atomic mass is 9.98. The second-order valence-electron chi connectivity index (χ2n) is 6.31. The van der Waals surface area contributed by atoms with Crippen molar-refractivity contribution in [2.75, 3.05) is 11.1 Å². The average Bonchev–Trinajstić information content (AvgIpc) is 2.42. The van der Waals surface area contributed by atoms with Gasteiger partial charge in [-0.05, 0) is 51.0 Å². The number of ether oxygens (including phenoxy) is 1. The number of nitrogens with two attached hydrogens (primary N) is 1. The lowest BCUT2D eigenvalue weighted by Gasteiger charge is -2.21. The minimum atomic E-state index is -0.549. The van der Waals surface area contributed by atoms with Crippen molar-refractivity contribution in [2.45, 2.75) is 33.3 Å². The van der Waals surface area contributed by atoms with Gasteiger partial charge in [-0.3, -0.25) is 5.32 Å². The van der Waals surface area contributed by atoms with Crippen molar-refractivity contribution >= 4 is 29.1 Å². The Morgan fingerprint density at radius 3 is 2.39 bits per heavy atom. The summed E-state index contributed by atoms with van der Waals surface area (Å²) in [6.07, 6.45) is -0.489. The summed E-state index contributed by atoms with van der Waals surface area (Å²) in [7, 11) is 0. The topological polar surface area (TPSA) is 64.3 Å². The minimum absolute atomic E-state index is 0.489. The summed E-state index contributed by atoms with van der Waals surface area (Å²) in [4.78, 5) is 12.0. The van der Waals surface area contributed by atoms with E-state index in [4.69, 9.17) is 22.1 Å². The smallest absolute Gasteiger partial charge is 0.412 e. The summed E-state index contributed by atoms with van der Waals surface area (Å²) in [6.45, 7) is 7.38. The maximum absolute atomic E-state index is 12.0. The van der Waals surface area contributed by atoms with Crippen LogP contribution in [0, 0.1) is 6.92 Å². The van der Waals surface area contributed by atoms with Crippen molar-refractivity contribution in [3.05, 3.63) is 47.0 Å². The van der Waals surface area contributed by atoms with E-state index in [1.54, 1.807) is 6.07 Å². The molecule has 122 valence electrons. The molecule has 0 saturated carbocycles. The Labute approximate surface area is 141 Å². The number of nitrogens with one attached hydrogen (secondary N) is 1. The first-order valence-electron chi connectivity index (χ1n) is 7.33. The van der Waals surface area contributed by atoms with Crippen LogP contribution in [-0.2, 0) is 4.74 Å². The zero-order valence-corrected chi connectivity index (χ0v) is 14.5. The molecule has 1 amide bonds. The van der Waals surface area contributed by atoms with E-state index >= 15 is 0 Å². The monoisotopic (exact) mass is 332 g/mol. The van der Waals surface area contributed by atoms with E-state index in [1.165, 1.54) is 0 Å². The van der Waals surface area contributed by atoms with E-state index < -0.39 is 11.7 Å². The number of carbonyl (C=O) groups is 1. The van der Waals surface area contributed by atoms with Crippen LogP contribution in [0.15, 0.2) is 36.4 Å². The number of carbonyl (C=O) groups excluding carboxylic acids is 1. The normalized spacial score (nSPS) is 11.2. The fourth-order valence-electron chi connectivity index (χ4n) is 2.23. The van der Waals surface area contributed by atoms with Crippen molar-refractivity contribution < 1.29 is 9.53 Å². The fraction of sp³-hybridized carbons (Fsp3) is 0.278. The Bertz CT molecular complexity index is 736. The second-order valence-corrected chi connectivity index (χ2v) is 6.69. The molecule has 0 aliphatic rings. The van der Waals surface area contributed by atoms with Crippen LogP contribution in [0.2, 0.25) is 5.02 Å². The standard InChI is InChI=1S/C18H21ClN2O2/c1-11-12(13-8-5-9-14(20)16(13)19)7-6-10-15(11)21-17(22)23-18(2,3)4/h5-10H,20H2,1-4H3,(H,21,22). The number of rotatable bonds is 2. The van der Waals surface area contributed by atoms with Crippen LogP contribution in [0.4, 0.5) is 16.2 Å². The van der Waals surface area contributed by atoms with E-state index in [2.05, 4.69) is 5.32 Å².